The number of rotatable bonds is 3. The molecule has 1 heterocycles. The van der Waals surface area contributed by atoms with E-state index in [0.717, 1.165) is 5.56 Å². The first-order chi connectivity index (χ1) is 14.9. The van der Waals surface area contributed by atoms with Crippen LogP contribution in [0.5, 0.6) is 5.75 Å². The summed E-state index contributed by atoms with van der Waals surface area (Å²) in [6.07, 6.45) is 5.71. The molecule has 150 valence electrons. The molecule has 0 radical (unpaired) electrons. The number of benzene rings is 2. The Kier molecular flexibility index (Phi) is 6.21. The van der Waals surface area contributed by atoms with E-state index in [2.05, 4.69) is 31.7 Å². The number of hydrogen-bond donors (Lipinski definition) is 0. The fourth-order valence-corrected chi connectivity index (χ4v) is 3.17. The van der Waals surface area contributed by atoms with Gasteiger partial charge in [0, 0.05) is 16.7 Å². The van der Waals surface area contributed by atoms with Crippen molar-refractivity contribution < 1.29 is 4.74 Å². The van der Waals surface area contributed by atoms with Crippen LogP contribution in [0.2, 0.25) is 0 Å². The second-order valence-electron chi connectivity index (χ2n) is 8.06. The number of allylic oxidation sites excluding steroid dienone is 7. The molecule has 2 aromatic carbocycles. The van der Waals surface area contributed by atoms with Gasteiger partial charge in [0.05, 0.1) is 24.3 Å². The molecule has 0 amide bonds. The predicted molar refractivity (Wildman–Crippen MR) is 122 cm³/mol. The second-order valence-corrected chi connectivity index (χ2v) is 8.06. The molecular weight excluding hydrogens is 382 g/mol. The van der Waals surface area contributed by atoms with E-state index in [4.69, 9.17) is 11.3 Å². The van der Waals surface area contributed by atoms with Crippen LogP contribution in [-0.4, -0.2) is 0 Å². The Labute approximate surface area is 183 Å². The molecule has 0 unspecified atom stereocenters. The van der Waals surface area contributed by atoms with Gasteiger partial charge >= 0.3 is 0 Å². The third-order valence-electron chi connectivity index (χ3n) is 4.59. The second kappa shape index (κ2) is 9.00. The van der Waals surface area contributed by atoms with Gasteiger partial charge in [0.25, 0.3) is 5.70 Å². The highest BCUT2D eigenvalue weighted by atomic mass is 16.5. The topological polar surface area (TPSA) is 61.2 Å². The van der Waals surface area contributed by atoms with E-state index in [1.165, 1.54) is 0 Å². The average Bonchev–Trinajstić information content (AvgIpc) is 2.78. The van der Waals surface area contributed by atoms with E-state index in [1.54, 1.807) is 18.2 Å². The summed E-state index contributed by atoms with van der Waals surface area (Å²) in [7, 11) is 0. The smallest absolute Gasteiger partial charge is 0.270 e. The molecule has 0 aliphatic carbocycles. The lowest BCUT2D eigenvalue weighted by Gasteiger charge is -2.21. The van der Waals surface area contributed by atoms with E-state index in [9.17, 15) is 10.5 Å². The fourth-order valence-electron chi connectivity index (χ4n) is 3.17. The Morgan fingerprint density at radius 1 is 1.00 bits per heavy atom. The summed E-state index contributed by atoms with van der Waals surface area (Å²) in [4.78, 5) is 3.41. The maximum atomic E-state index is 10.2. The quantitative estimate of drug-likeness (QED) is 0.423. The Morgan fingerprint density at radius 2 is 1.68 bits per heavy atom. The van der Waals surface area contributed by atoms with Crippen molar-refractivity contribution in [3.05, 3.63) is 112 Å². The molecule has 0 atom stereocenters. The monoisotopic (exact) mass is 403 g/mol. The summed E-state index contributed by atoms with van der Waals surface area (Å²) in [5, 5.41) is 19.8. The van der Waals surface area contributed by atoms with E-state index in [0.29, 0.717) is 28.2 Å². The number of para-hydroxylation sites is 1. The van der Waals surface area contributed by atoms with E-state index < -0.39 is 0 Å². The van der Waals surface area contributed by atoms with Gasteiger partial charge in [-0.15, -0.1) is 0 Å². The first-order valence-corrected chi connectivity index (χ1v) is 9.78. The van der Waals surface area contributed by atoms with Crippen molar-refractivity contribution in [1.29, 1.82) is 10.5 Å². The molecule has 0 spiro atoms. The highest BCUT2D eigenvalue weighted by Gasteiger charge is 2.23. The SMILES string of the molecule is [C-]#[N+]/C(C#N)=C(/C(C#N)=C1C=C(/C=C/C(C)(C)C)Oc2ccccc2\1)c1ccccc1. The summed E-state index contributed by atoms with van der Waals surface area (Å²) in [5.74, 6) is 1.21. The van der Waals surface area contributed by atoms with Gasteiger partial charge in [0.15, 0.2) is 0 Å². The van der Waals surface area contributed by atoms with E-state index >= 15 is 0 Å². The highest BCUT2D eigenvalue weighted by molar-refractivity contribution is 6.00. The number of fused-ring (bicyclic) bond motifs is 1. The van der Waals surface area contributed by atoms with E-state index in [-0.39, 0.29) is 16.7 Å². The van der Waals surface area contributed by atoms with Gasteiger partial charge in [0.1, 0.15) is 11.5 Å². The highest BCUT2D eigenvalue weighted by Crippen LogP contribution is 2.40. The molecule has 4 heteroatoms. The first kappa shape index (κ1) is 21.4. The minimum atomic E-state index is -0.126. The molecule has 3 rings (SSSR count). The molecule has 0 saturated carbocycles. The van der Waals surface area contributed by atoms with Gasteiger partial charge in [0.2, 0.25) is 0 Å². The molecule has 0 aromatic heterocycles. The Hall–Kier alpha value is -4.33. The summed E-state index contributed by atoms with van der Waals surface area (Å²) >= 11 is 0. The van der Waals surface area contributed by atoms with E-state index in [1.807, 2.05) is 60.7 Å². The summed E-state index contributed by atoms with van der Waals surface area (Å²) < 4.78 is 6.04. The first-order valence-electron chi connectivity index (χ1n) is 9.78. The Bertz CT molecular complexity index is 1230. The third kappa shape index (κ3) is 4.81. The largest absolute Gasteiger partial charge is 0.457 e. The van der Waals surface area contributed by atoms with Crippen molar-refractivity contribution in [3.63, 3.8) is 0 Å². The van der Waals surface area contributed by atoms with Gasteiger partial charge in [-0.2, -0.15) is 5.26 Å². The van der Waals surface area contributed by atoms with Crippen molar-refractivity contribution in [2.45, 2.75) is 20.8 Å². The Balaban J connectivity index is 2.36. The maximum Gasteiger partial charge on any atom is 0.270 e. The Morgan fingerprint density at radius 3 is 2.29 bits per heavy atom. The minimum Gasteiger partial charge on any atom is -0.457 e. The molecule has 0 bridgehead atoms. The van der Waals surface area contributed by atoms with Crippen LogP contribution in [0.25, 0.3) is 16.0 Å². The minimum absolute atomic E-state index is 0.0454. The van der Waals surface area contributed by atoms with Crippen LogP contribution < -0.4 is 4.74 Å². The van der Waals surface area contributed by atoms with Gasteiger partial charge < -0.3 is 4.74 Å². The summed E-state index contributed by atoms with van der Waals surface area (Å²) in [5.41, 5.74) is 2.41. The zero-order chi connectivity index (χ0) is 22.4. The lowest BCUT2D eigenvalue weighted by molar-refractivity contribution is 0.436. The van der Waals surface area contributed by atoms with Crippen LogP contribution >= 0.6 is 0 Å². The van der Waals surface area contributed by atoms with Crippen molar-refractivity contribution in [2.75, 3.05) is 0 Å². The molecule has 31 heavy (non-hydrogen) atoms. The predicted octanol–water partition coefficient (Wildman–Crippen LogP) is 6.70. The van der Waals surface area contributed by atoms with Crippen LogP contribution in [-0.2, 0) is 0 Å². The van der Waals surface area contributed by atoms with Crippen LogP contribution in [0.15, 0.2) is 89.9 Å². The number of ether oxygens (including phenoxy) is 1. The number of nitrogens with zero attached hydrogens (tertiary/aromatic N) is 3. The fraction of sp³-hybridized carbons (Fsp3) is 0.148. The third-order valence-corrected chi connectivity index (χ3v) is 4.59. The standard InChI is InChI=1S/C27H21N3O/c1-27(2,3)15-14-20-16-22(21-12-8-9-13-25(21)31-20)23(17-28)26(24(18-29)30-4)19-10-6-5-7-11-19/h5-16H,1-3H3/b15-14+,23-22+,26-24+. The lowest BCUT2D eigenvalue weighted by Crippen LogP contribution is -2.06. The van der Waals surface area contributed by atoms with Crippen LogP contribution in [0.4, 0.5) is 0 Å². The molecule has 4 nitrogen and oxygen atoms in total. The molecule has 2 aromatic rings. The summed E-state index contributed by atoms with van der Waals surface area (Å²) in [6.45, 7) is 13.8. The van der Waals surface area contributed by atoms with Gasteiger partial charge in [-0.25, -0.2) is 10.1 Å². The van der Waals surface area contributed by atoms with Gasteiger partial charge in [-0.3, -0.25) is 0 Å². The molecule has 1 aliphatic rings. The zero-order valence-corrected chi connectivity index (χ0v) is 17.7. The van der Waals surface area contributed by atoms with Crippen LogP contribution in [0.3, 0.4) is 0 Å². The normalized spacial score (nSPS) is 15.4. The van der Waals surface area contributed by atoms with Crippen molar-refractivity contribution >= 4 is 11.1 Å². The van der Waals surface area contributed by atoms with Gasteiger partial charge in [-0.1, -0.05) is 75.4 Å². The molecule has 0 saturated heterocycles. The van der Waals surface area contributed by atoms with Crippen molar-refractivity contribution in [2.24, 2.45) is 5.41 Å². The average molecular weight is 403 g/mol. The molecule has 1 aliphatic heterocycles. The number of nitriles is 2. The van der Waals surface area contributed by atoms with Gasteiger partial charge in [-0.05, 0) is 29.2 Å². The molecular formula is C27H21N3O. The van der Waals surface area contributed by atoms with Crippen molar-refractivity contribution in [3.8, 4) is 17.9 Å². The lowest BCUT2D eigenvalue weighted by atomic mass is 9.88. The van der Waals surface area contributed by atoms with Crippen LogP contribution in [0.1, 0.15) is 31.9 Å². The zero-order valence-electron chi connectivity index (χ0n) is 17.7. The maximum absolute atomic E-state index is 10.2. The van der Waals surface area contributed by atoms with Crippen LogP contribution in [0, 0.1) is 34.6 Å². The molecule has 0 fully saturated rings. The van der Waals surface area contributed by atoms with Crippen molar-refractivity contribution in [1.82, 2.24) is 0 Å². The molecule has 0 N–H and O–H groups in total. The summed E-state index contributed by atoms with van der Waals surface area (Å²) in [6, 6.07) is 20.7. The number of hydrogen-bond acceptors (Lipinski definition) is 3.